The van der Waals surface area contributed by atoms with Crippen molar-refractivity contribution in [3.8, 4) is 0 Å². The van der Waals surface area contributed by atoms with Gasteiger partial charge in [0.05, 0.1) is 51.9 Å². The van der Waals surface area contributed by atoms with Gasteiger partial charge in [-0.05, 0) is 29.7 Å². The number of hydrogen-bond acceptors (Lipinski definition) is 14. The van der Waals surface area contributed by atoms with Gasteiger partial charge in [0.25, 0.3) is 0 Å². The highest BCUT2D eigenvalue weighted by molar-refractivity contribution is 7.90. The maximum atomic E-state index is 12.2. The SMILES string of the molecule is O=[C]CNC(=O)COCCOCCNC(=O)COCCOCCC(=O)CCCS(=O)(=O)NC(=O)CCCCCCCCCCCCCCCc1nnn[nH]1. The number of aryl methyl sites for hydroxylation is 1. The zero-order chi connectivity index (χ0) is 39.4. The van der Waals surface area contributed by atoms with Crippen molar-refractivity contribution in [2.75, 3.05) is 71.7 Å². The number of sulfonamides is 1. The molecular formula is C35H62N7O11S. The summed E-state index contributed by atoms with van der Waals surface area (Å²) in [5, 5.41) is 18.7. The topological polar surface area (TPSA) is 247 Å². The molecule has 0 fully saturated rings. The van der Waals surface area contributed by atoms with Gasteiger partial charge in [0.15, 0.2) is 0 Å². The number of Topliss-reactive ketones (excluding diaryl/α,β-unsaturated/α-hetero) is 1. The first kappa shape index (κ1) is 48.6. The molecule has 0 aliphatic rings. The van der Waals surface area contributed by atoms with Crippen molar-refractivity contribution in [3.63, 3.8) is 0 Å². The van der Waals surface area contributed by atoms with Gasteiger partial charge in [-0.1, -0.05) is 70.6 Å². The van der Waals surface area contributed by atoms with E-state index in [0.29, 0.717) is 6.42 Å². The van der Waals surface area contributed by atoms with Crippen LogP contribution in [-0.4, -0.2) is 131 Å². The Kier molecular flexibility index (Phi) is 30.7. The molecule has 1 rings (SSSR count). The number of amides is 3. The second kappa shape index (κ2) is 34.1. The molecule has 0 saturated carbocycles. The molecule has 3 amide bonds. The Balaban J connectivity index is 1.85. The number of aromatic amines is 1. The second-order valence-electron chi connectivity index (χ2n) is 12.8. The summed E-state index contributed by atoms with van der Waals surface area (Å²) in [6.45, 7) is 0.852. The van der Waals surface area contributed by atoms with Crippen LogP contribution in [0.5, 0.6) is 0 Å². The Hall–Kier alpha value is -3.39. The first-order valence-electron chi connectivity index (χ1n) is 19.2. The lowest BCUT2D eigenvalue weighted by Gasteiger charge is -2.08. The van der Waals surface area contributed by atoms with Gasteiger partial charge in [0, 0.05) is 32.2 Å². The number of ether oxygens (including phenoxy) is 4. The highest BCUT2D eigenvalue weighted by Gasteiger charge is 2.15. The summed E-state index contributed by atoms with van der Waals surface area (Å²) < 4.78 is 47.5. The molecule has 1 radical (unpaired) electrons. The Morgan fingerprint density at radius 3 is 1.76 bits per heavy atom. The number of ketones is 1. The molecule has 1 aromatic heterocycles. The third-order valence-corrected chi connectivity index (χ3v) is 9.37. The standard InChI is InChI=1S/C35H62N7O11S/c43-21-19-36-34(46)29-53-27-25-51-23-20-37-35(47)30-52-26-24-50-22-18-31(44)15-14-28-54(48,49)40-33(45)17-13-11-9-7-5-3-1-2-4-6-8-10-12-16-32-38-41-42-39-32/h1-20,22-30H2,(H,36,46)(H,37,47)(H,40,45)(H,38,39,41,42). The number of nitrogens with zero attached hydrogens (tertiary/aromatic N) is 3. The fourth-order valence-corrected chi connectivity index (χ4v) is 6.20. The van der Waals surface area contributed by atoms with Gasteiger partial charge in [-0.2, -0.15) is 0 Å². The molecule has 1 aromatic rings. The van der Waals surface area contributed by atoms with Crippen LogP contribution >= 0.6 is 0 Å². The fourth-order valence-electron chi connectivity index (χ4n) is 5.12. The lowest BCUT2D eigenvalue weighted by atomic mass is 10.0. The van der Waals surface area contributed by atoms with Gasteiger partial charge in [0.2, 0.25) is 34.0 Å². The molecule has 309 valence electrons. The van der Waals surface area contributed by atoms with Gasteiger partial charge >= 0.3 is 0 Å². The Labute approximate surface area is 319 Å². The molecule has 18 nitrogen and oxygen atoms in total. The van der Waals surface area contributed by atoms with E-state index in [2.05, 4.69) is 36.0 Å². The van der Waals surface area contributed by atoms with E-state index >= 15 is 0 Å². The number of hydrogen-bond donors (Lipinski definition) is 4. The largest absolute Gasteiger partial charge is 0.379 e. The van der Waals surface area contributed by atoms with Crippen LogP contribution in [0.25, 0.3) is 0 Å². The maximum absolute atomic E-state index is 12.2. The summed E-state index contributed by atoms with van der Waals surface area (Å²) in [5.74, 6) is -0.852. The van der Waals surface area contributed by atoms with E-state index in [1.807, 2.05) is 0 Å². The predicted molar refractivity (Wildman–Crippen MR) is 198 cm³/mol. The molecule has 4 N–H and O–H groups in total. The first-order valence-corrected chi connectivity index (χ1v) is 20.8. The molecule has 1 heterocycles. The number of tetrazole rings is 1. The van der Waals surface area contributed by atoms with Crippen molar-refractivity contribution >= 4 is 39.8 Å². The van der Waals surface area contributed by atoms with Crippen molar-refractivity contribution in [2.24, 2.45) is 0 Å². The molecule has 0 atom stereocenters. The number of nitrogens with one attached hydrogen (secondary N) is 4. The van der Waals surface area contributed by atoms with Crippen LogP contribution in [0, 0.1) is 0 Å². The van der Waals surface area contributed by atoms with Crippen molar-refractivity contribution in [2.45, 2.75) is 116 Å². The van der Waals surface area contributed by atoms with E-state index in [-0.39, 0.29) is 109 Å². The van der Waals surface area contributed by atoms with Crippen molar-refractivity contribution in [3.05, 3.63) is 5.82 Å². The molecule has 0 spiro atoms. The minimum atomic E-state index is -3.79. The third-order valence-electron chi connectivity index (χ3n) is 8.01. The van der Waals surface area contributed by atoms with Crippen LogP contribution in [0.15, 0.2) is 0 Å². The van der Waals surface area contributed by atoms with Crippen LogP contribution < -0.4 is 15.4 Å². The molecule has 54 heavy (non-hydrogen) atoms. The van der Waals surface area contributed by atoms with Crippen molar-refractivity contribution < 1.29 is 51.3 Å². The number of H-pyrrole nitrogens is 1. The van der Waals surface area contributed by atoms with E-state index in [1.165, 1.54) is 57.7 Å². The molecule has 0 bridgehead atoms. The first-order chi connectivity index (χ1) is 26.2. The summed E-state index contributed by atoms with van der Waals surface area (Å²) in [5.41, 5.74) is 0. The summed E-state index contributed by atoms with van der Waals surface area (Å²) in [7, 11) is -3.79. The van der Waals surface area contributed by atoms with Crippen LogP contribution in [0.4, 0.5) is 0 Å². The van der Waals surface area contributed by atoms with Crippen LogP contribution in [0.1, 0.15) is 115 Å². The van der Waals surface area contributed by atoms with Crippen LogP contribution in [-0.2, 0) is 59.4 Å². The fraction of sp³-hybridized carbons (Fsp3) is 0.829. The van der Waals surface area contributed by atoms with E-state index in [9.17, 15) is 32.4 Å². The van der Waals surface area contributed by atoms with E-state index < -0.39 is 21.8 Å². The monoisotopic (exact) mass is 788 g/mol. The predicted octanol–water partition coefficient (Wildman–Crippen LogP) is 1.80. The van der Waals surface area contributed by atoms with E-state index in [4.69, 9.17) is 18.9 Å². The molecule has 19 heteroatoms. The molecule has 0 aromatic carbocycles. The maximum Gasteiger partial charge on any atom is 0.246 e. The molecule has 0 aliphatic carbocycles. The zero-order valence-electron chi connectivity index (χ0n) is 31.7. The zero-order valence-corrected chi connectivity index (χ0v) is 32.6. The summed E-state index contributed by atoms with van der Waals surface area (Å²) in [6.07, 6.45) is 17.6. The van der Waals surface area contributed by atoms with Gasteiger partial charge in [-0.25, -0.2) is 13.5 Å². The quantitative estimate of drug-likeness (QED) is 0.0695. The molecule has 0 saturated heterocycles. The second-order valence-corrected chi connectivity index (χ2v) is 14.6. The van der Waals surface area contributed by atoms with Gasteiger partial charge in [0.1, 0.15) is 24.8 Å². The normalized spacial score (nSPS) is 11.3. The van der Waals surface area contributed by atoms with E-state index in [1.54, 1.807) is 0 Å². The smallest absolute Gasteiger partial charge is 0.246 e. The number of aromatic nitrogens is 4. The molecule has 0 aliphatic heterocycles. The minimum absolute atomic E-state index is 0.0636. The summed E-state index contributed by atoms with van der Waals surface area (Å²) >= 11 is 0. The lowest BCUT2D eigenvalue weighted by molar-refractivity contribution is -0.127. The Morgan fingerprint density at radius 1 is 0.611 bits per heavy atom. The number of carbonyl (C=O) groups is 4. The number of unbranched alkanes of at least 4 members (excludes halogenated alkanes) is 12. The Morgan fingerprint density at radius 2 is 1.17 bits per heavy atom. The highest BCUT2D eigenvalue weighted by atomic mass is 32.2. The highest BCUT2D eigenvalue weighted by Crippen LogP contribution is 2.13. The minimum Gasteiger partial charge on any atom is -0.379 e. The summed E-state index contributed by atoms with van der Waals surface area (Å²) in [6, 6.07) is 0. The number of rotatable bonds is 39. The molecular weight excluding hydrogens is 726 g/mol. The van der Waals surface area contributed by atoms with Gasteiger partial charge < -0.3 is 29.6 Å². The van der Waals surface area contributed by atoms with Crippen molar-refractivity contribution in [1.29, 1.82) is 0 Å². The van der Waals surface area contributed by atoms with E-state index in [0.717, 1.165) is 37.9 Å². The average Bonchev–Trinajstić information content (AvgIpc) is 3.66. The summed E-state index contributed by atoms with van der Waals surface area (Å²) in [4.78, 5) is 57.2. The molecule has 0 unspecified atom stereocenters. The Bertz CT molecular complexity index is 1240. The lowest BCUT2D eigenvalue weighted by Crippen LogP contribution is -2.32. The van der Waals surface area contributed by atoms with Crippen LogP contribution in [0.2, 0.25) is 0 Å². The number of carbonyl (C=O) groups excluding carboxylic acids is 5. The van der Waals surface area contributed by atoms with Crippen LogP contribution in [0.3, 0.4) is 0 Å². The average molecular weight is 789 g/mol. The van der Waals surface area contributed by atoms with Crippen molar-refractivity contribution in [1.82, 2.24) is 36.0 Å². The van der Waals surface area contributed by atoms with Gasteiger partial charge in [-0.15, -0.1) is 5.10 Å². The van der Waals surface area contributed by atoms with Gasteiger partial charge in [-0.3, -0.25) is 28.7 Å². The third kappa shape index (κ3) is 32.1.